The Bertz CT molecular complexity index is 774. The standard InChI is InChI=1S/C22H27ClN2O3/c1-16(27-21-6-4-3-5-20(21)23)22(26)24-15-17-7-9-18(10-8-17)28-19-11-13-25(2)14-12-19/h3-10,16,19H,11-15H2,1-2H3,(H,24,26)/t16-/m1/s1. The molecule has 1 fully saturated rings. The van der Waals surface area contributed by atoms with Crippen molar-refractivity contribution in [2.75, 3.05) is 20.1 Å². The molecule has 0 unspecified atom stereocenters. The summed E-state index contributed by atoms with van der Waals surface area (Å²) in [6.07, 6.45) is 1.76. The number of para-hydroxylation sites is 1. The normalized spacial score (nSPS) is 16.4. The molecular formula is C22H27ClN2O3. The van der Waals surface area contributed by atoms with Crippen molar-refractivity contribution in [3.63, 3.8) is 0 Å². The van der Waals surface area contributed by atoms with Gasteiger partial charge in [0, 0.05) is 19.6 Å². The van der Waals surface area contributed by atoms with Gasteiger partial charge in [0.2, 0.25) is 0 Å². The van der Waals surface area contributed by atoms with Crippen LogP contribution in [-0.2, 0) is 11.3 Å². The van der Waals surface area contributed by atoms with Gasteiger partial charge in [0.25, 0.3) is 5.91 Å². The molecule has 1 N–H and O–H groups in total. The number of benzene rings is 2. The molecule has 3 rings (SSSR count). The van der Waals surface area contributed by atoms with E-state index in [4.69, 9.17) is 21.1 Å². The lowest BCUT2D eigenvalue weighted by atomic mass is 10.1. The van der Waals surface area contributed by atoms with Gasteiger partial charge in [-0.1, -0.05) is 35.9 Å². The highest BCUT2D eigenvalue weighted by Gasteiger charge is 2.18. The van der Waals surface area contributed by atoms with Gasteiger partial charge >= 0.3 is 0 Å². The Morgan fingerprint density at radius 1 is 1.18 bits per heavy atom. The van der Waals surface area contributed by atoms with Crippen molar-refractivity contribution < 1.29 is 14.3 Å². The van der Waals surface area contributed by atoms with Gasteiger partial charge in [-0.15, -0.1) is 0 Å². The van der Waals surface area contributed by atoms with E-state index in [1.165, 1.54) is 0 Å². The fourth-order valence-corrected chi connectivity index (χ4v) is 3.28. The van der Waals surface area contributed by atoms with Crippen molar-refractivity contribution in [1.29, 1.82) is 0 Å². The number of ether oxygens (including phenoxy) is 2. The number of carbonyl (C=O) groups is 1. The first-order valence-electron chi connectivity index (χ1n) is 9.64. The van der Waals surface area contributed by atoms with Crippen LogP contribution in [0.1, 0.15) is 25.3 Å². The largest absolute Gasteiger partial charge is 0.490 e. The Balaban J connectivity index is 1.45. The molecule has 0 aliphatic carbocycles. The van der Waals surface area contributed by atoms with E-state index in [0.29, 0.717) is 17.3 Å². The molecule has 0 aromatic heterocycles. The third kappa shape index (κ3) is 5.88. The molecule has 6 heteroatoms. The predicted octanol–water partition coefficient (Wildman–Crippen LogP) is 3.90. The maximum absolute atomic E-state index is 12.3. The van der Waals surface area contributed by atoms with Crippen LogP contribution >= 0.6 is 11.6 Å². The number of rotatable bonds is 7. The van der Waals surface area contributed by atoms with E-state index >= 15 is 0 Å². The van der Waals surface area contributed by atoms with E-state index in [0.717, 1.165) is 37.2 Å². The molecule has 1 atom stereocenters. The SMILES string of the molecule is C[C@@H](Oc1ccccc1Cl)C(=O)NCc1ccc(OC2CCN(C)CC2)cc1. The van der Waals surface area contributed by atoms with Crippen molar-refractivity contribution in [2.45, 2.75) is 38.5 Å². The summed E-state index contributed by atoms with van der Waals surface area (Å²) >= 11 is 6.07. The van der Waals surface area contributed by atoms with Crippen LogP contribution in [0.4, 0.5) is 0 Å². The summed E-state index contributed by atoms with van der Waals surface area (Å²) in [5, 5.41) is 3.38. The summed E-state index contributed by atoms with van der Waals surface area (Å²) in [4.78, 5) is 14.6. The highest BCUT2D eigenvalue weighted by atomic mass is 35.5. The molecule has 2 aromatic carbocycles. The lowest BCUT2D eigenvalue weighted by molar-refractivity contribution is -0.127. The maximum atomic E-state index is 12.3. The molecule has 5 nitrogen and oxygen atoms in total. The van der Waals surface area contributed by atoms with E-state index in [9.17, 15) is 4.79 Å². The van der Waals surface area contributed by atoms with Crippen molar-refractivity contribution in [3.8, 4) is 11.5 Å². The van der Waals surface area contributed by atoms with E-state index < -0.39 is 6.10 Å². The van der Waals surface area contributed by atoms with E-state index in [2.05, 4.69) is 17.3 Å². The Kier molecular flexibility index (Phi) is 7.18. The van der Waals surface area contributed by atoms with Crippen LogP contribution < -0.4 is 14.8 Å². The molecule has 1 aliphatic rings. The van der Waals surface area contributed by atoms with Gasteiger partial charge in [-0.05, 0) is 56.6 Å². The average molecular weight is 403 g/mol. The Hall–Kier alpha value is -2.24. The highest BCUT2D eigenvalue weighted by molar-refractivity contribution is 6.32. The van der Waals surface area contributed by atoms with Crippen molar-refractivity contribution in [2.24, 2.45) is 0 Å². The van der Waals surface area contributed by atoms with Crippen LogP contribution in [-0.4, -0.2) is 43.2 Å². The summed E-state index contributed by atoms with van der Waals surface area (Å²) in [7, 11) is 2.14. The second-order valence-electron chi connectivity index (χ2n) is 7.17. The van der Waals surface area contributed by atoms with Gasteiger partial charge in [-0.25, -0.2) is 0 Å². The molecule has 1 saturated heterocycles. The third-order valence-corrected chi connectivity index (χ3v) is 5.18. The summed E-state index contributed by atoms with van der Waals surface area (Å²) in [5.74, 6) is 1.19. The zero-order valence-electron chi connectivity index (χ0n) is 16.4. The molecule has 0 radical (unpaired) electrons. The Labute approximate surface area is 171 Å². The summed E-state index contributed by atoms with van der Waals surface area (Å²) in [5.41, 5.74) is 1.01. The third-order valence-electron chi connectivity index (χ3n) is 4.87. The summed E-state index contributed by atoms with van der Waals surface area (Å²) in [6.45, 7) is 4.28. The first-order chi connectivity index (χ1) is 13.5. The second-order valence-corrected chi connectivity index (χ2v) is 7.58. The molecule has 1 aliphatic heterocycles. The van der Waals surface area contributed by atoms with Crippen LogP contribution in [0.25, 0.3) is 0 Å². The molecule has 2 aromatic rings. The zero-order valence-corrected chi connectivity index (χ0v) is 17.1. The topological polar surface area (TPSA) is 50.8 Å². The number of nitrogens with zero attached hydrogens (tertiary/aromatic N) is 1. The molecule has 0 saturated carbocycles. The quantitative estimate of drug-likeness (QED) is 0.763. The summed E-state index contributed by atoms with van der Waals surface area (Å²) < 4.78 is 11.7. The van der Waals surface area contributed by atoms with Gasteiger partial charge in [0.1, 0.15) is 17.6 Å². The number of nitrogens with one attached hydrogen (secondary N) is 1. The monoisotopic (exact) mass is 402 g/mol. The lowest BCUT2D eigenvalue weighted by Crippen LogP contribution is -2.36. The molecule has 150 valence electrons. The Morgan fingerprint density at radius 3 is 2.54 bits per heavy atom. The molecule has 1 heterocycles. The number of amides is 1. The van der Waals surface area contributed by atoms with Gasteiger partial charge in [0.15, 0.2) is 6.10 Å². The predicted molar refractivity (Wildman–Crippen MR) is 111 cm³/mol. The van der Waals surface area contributed by atoms with E-state index in [1.54, 1.807) is 19.1 Å². The minimum Gasteiger partial charge on any atom is -0.490 e. The van der Waals surface area contributed by atoms with Gasteiger partial charge in [-0.2, -0.15) is 0 Å². The first kappa shape index (κ1) is 20.5. The minimum atomic E-state index is -0.632. The molecular weight excluding hydrogens is 376 g/mol. The second kappa shape index (κ2) is 9.80. The molecule has 0 spiro atoms. The van der Waals surface area contributed by atoms with Crippen LogP contribution in [0, 0.1) is 0 Å². The first-order valence-corrected chi connectivity index (χ1v) is 10.0. The van der Waals surface area contributed by atoms with Gasteiger partial charge in [-0.3, -0.25) is 4.79 Å². The van der Waals surface area contributed by atoms with E-state index in [-0.39, 0.29) is 12.0 Å². The molecule has 28 heavy (non-hydrogen) atoms. The van der Waals surface area contributed by atoms with Gasteiger partial charge < -0.3 is 19.7 Å². The van der Waals surface area contributed by atoms with Crippen LogP contribution in [0.5, 0.6) is 11.5 Å². The lowest BCUT2D eigenvalue weighted by Gasteiger charge is -2.29. The molecule has 1 amide bonds. The number of halogens is 1. The number of piperidine rings is 1. The Morgan fingerprint density at radius 2 is 1.86 bits per heavy atom. The average Bonchev–Trinajstić information content (AvgIpc) is 2.70. The maximum Gasteiger partial charge on any atom is 0.261 e. The van der Waals surface area contributed by atoms with Gasteiger partial charge in [0.05, 0.1) is 5.02 Å². The van der Waals surface area contributed by atoms with E-state index in [1.807, 2.05) is 36.4 Å². The number of likely N-dealkylation sites (tertiary alicyclic amines) is 1. The van der Waals surface area contributed by atoms with Crippen molar-refractivity contribution >= 4 is 17.5 Å². The zero-order chi connectivity index (χ0) is 19.9. The highest BCUT2D eigenvalue weighted by Crippen LogP contribution is 2.24. The fourth-order valence-electron chi connectivity index (χ4n) is 3.10. The van der Waals surface area contributed by atoms with Crippen molar-refractivity contribution in [3.05, 3.63) is 59.1 Å². The molecule has 0 bridgehead atoms. The van der Waals surface area contributed by atoms with Crippen molar-refractivity contribution in [1.82, 2.24) is 10.2 Å². The van der Waals surface area contributed by atoms with Crippen LogP contribution in [0.2, 0.25) is 5.02 Å². The smallest absolute Gasteiger partial charge is 0.261 e. The van der Waals surface area contributed by atoms with Crippen LogP contribution in [0.3, 0.4) is 0 Å². The summed E-state index contributed by atoms with van der Waals surface area (Å²) in [6, 6.07) is 15.0. The number of hydrogen-bond acceptors (Lipinski definition) is 4. The number of hydrogen-bond donors (Lipinski definition) is 1. The van der Waals surface area contributed by atoms with Crippen LogP contribution in [0.15, 0.2) is 48.5 Å². The fraction of sp³-hybridized carbons (Fsp3) is 0.409. The number of carbonyl (C=O) groups excluding carboxylic acids is 1. The minimum absolute atomic E-state index is 0.188.